The zero-order valence-electron chi connectivity index (χ0n) is 21.0. The predicted molar refractivity (Wildman–Crippen MR) is 139 cm³/mol. The minimum absolute atomic E-state index is 0.00709. The molecule has 2 aromatic heterocycles. The van der Waals surface area contributed by atoms with E-state index in [4.69, 9.17) is 4.74 Å². The number of rotatable bonds is 5. The van der Waals surface area contributed by atoms with Gasteiger partial charge in [-0.05, 0) is 92.4 Å². The van der Waals surface area contributed by atoms with Crippen LogP contribution >= 0.6 is 0 Å². The molecule has 0 N–H and O–H groups in total. The van der Waals surface area contributed by atoms with E-state index in [0.29, 0.717) is 23.6 Å². The minimum Gasteiger partial charge on any atom is -0.489 e. The molecular formula is C30H26F3N3O. The van der Waals surface area contributed by atoms with Crippen molar-refractivity contribution in [3.8, 4) is 22.7 Å². The molecule has 2 heterocycles. The van der Waals surface area contributed by atoms with Crippen LogP contribution in [0.15, 0.2) is 72.8 Å². The van der Waals surface area contributed by atoms with Crippen molar-refractivity contribution < 1.29 is 17.9 Å². The molecule has 0 aliphatic heterocycles. The van der Waals surface area contributed by atoms with Crippen molar-refractivity contribution in [2.75, 3.05) is 0 Å². The van der Waals surface area contributed by atoms with Crippen LogP contribution in [0.3, 0.4) is 0 Å². The van der Waals surface area contributed by atoms with Gasteiger partial charge >= 0.3 is 6.18 Å². The fourth-order valence-corrected chi connectivity index (χ4v) is 4.35. The lowest BCUT2D eigenvalue weighted by atomic mass is 10.0. The van der Waals surface area contributed by atoms with Crippen LogP contribution in [0.5, 0.6) is 5.75 Å². The highest BCUT2D eigenvalue weighted by Crippen LogP contribution is 2.39. The lowest BCUT2D eigenvalue weighted by molar-refractivity contribution is -0.136. The quantitative estimate of drug-likeness (QED) is 0.246. The van der Waals surface area contributed by atoms with Gasteiger partial charge in [-0.1, -0.05) is 30.3 Å². The van der Waals surface area contributed by atoms with Crippen molar-refractivity contribution in [1.29, 1.82) is 0 Å². The summed E-state index contributed by atoms with van der Waals surface area (Å²) >= 11 is 0. The molecule has 0 spiro atoms. The van der Waals surface area contributed by atoms with Gasteiger partial charge in [0.05, 0.1) is 28.0 Å². The predicted octanol–water partition coefficient (Wildman–Crippen LogP) is 7.92. The summed E-state index contributed by atoms with van der Waals surface area (Å²) in [5, 5.41) is 4.46. The van der Waals surface area contributed by atoms with Crippen LogP contribution in [-0.2, 0) is 12.8 Å². The van der Waals surface area contributed by atoms with Crippen LogP contribution in [-0.4, -0.2) is 14.8 Å². The summed E-state index contributed by atoms with van der Waals surface area (Å²) in [4.78, 5) is 4.66. The van der Waals surface area contributed by atoms with Gasteiger partial charge in [-0.3, -0.25) is 0 Å². The smallest absolute Gasteiger partial charge is 0.417 e. The normalized spacial score (nSPS) is 11.8. The molecule has 0 amide bonds. The molecule has 0 saturated carbocycles. The summed E-state index contributed by atoms with van der Waals surface area (Å²) in [6.45, 7) is 7.95. The number of alkyl halides is 3. The standard InChI is InChI=1S/C30H26F3N3O/c1-18-9-12-24(15-20(18)3)36-29-28(21(4)35-36)26(30(31,32)33)16-27(34-29)22-10-13-25(14-11-22)37-17-23-8-6-5-7-19(23)2/h5-16H,17H2,1-4H3. The number of aryl methyl sites for hydroxylation is 4. The Morgan fingerprint density at radius 2 is 1.54 bits per heavy atom. The van der Waals surface area contributed by atoms with Crippen LogP contribution in [0, 0.1) is 27.7 Å². The average molecular weight is 502 g/mol. The van der Waals surface area contributed by atoms with E-state index in [1.165, 1.54) is 4.68 Å². The second kappa shape index (κ2) is 9.39. The average Bonchev–Trinajstić information content (AvgIpc) is 3.20. The number of hydrogen-bond donors (Lipinski definition) is 0. The van der Waals surface area contributed by atoms with E-state index in [-0.39, 0.29) is 22.4 Å². The zero-order chi connectivity index (χ0) is 26.3. The third-order valence-electron chi connectivity index (χ3n) is 6.66. The van der Waals surface area contributed by atoms with Crippen LogP contribution < -0.4 is 4.74 Å². The first-order chi connectivity index (χ1) is 17.6. The van der Waals surface area contributed by atoms with Crippen LogP contribution in [0.25, 0.3) is 28.0 Å². The lowest BCUT2D eigenvalue weighted by Gasteiger charge is -2.13. The summed E-state index contributed by atoms with van der Waals surface area (Å²) in [5.41, 5.74) is 5.45. The van der Waals surface area contributed by atoms with Crippen molar-refractivity contribution in [3.63, 3.8) is 0 Å². The van der Waals surface area contributed by atoms with Gasteiger partial charge in [0.25, 0.3) is 0 Å². The summed E-state index contributed by atoms with van der Waals surface area (Å²) < 4.78 is 50.0. The third kappa shape index (κ3) is 4.81. The van der Waals surface area contributed by atoms with E-state index in [1.54, 1.807) is 31.2 Å². The maximum absolute atomic E-state index is 14.2. The SMILES string of the molecule is Cc1ccc(-n2nc(C)c3c(C(F)(F)F)cc(-c4ccc(OCc5ccccc5C)cc4)nc32)cc1C. The monoisotopic (exact) mass is 501 g/mol. The highest BCUT2D eigenvalue weighted by molar-refractivity contribution is 5.87. The maximum atomic E-state index is 14.2. The Morgan fingerprint density at radius 1 is 0.811 bits per heavy atom. The number of nitrogens with zero attached hydrogens (tertiary/aromatic N) is 3. The molecule has 37 heavy (non-hydrogen) atoms. The van der Waals surface area contributed by atoms with Gasteiger partial charge in [-0.15, -0.1) is 0 Å². The molecule has 7 heteroatoms. The Labute approximate surface area is 213 Å². The lowest BCUT2D eigenvalue weighted by Crippen LogP contribution is -2.08. The van der Waals surface area contributed by atoms with E-state index >= 15 is 0 Å². The van der Waals surface area contributed by atoms with Crippen molar-refractivity contribution in [3.05, 3.63) is 106 Å². The topological polar surface area (TPSA) is 39.9 Å². The highest BCUT2D eigenvalue weighted by Gasteiger charge is 2.36. The van der Waals surface area contributed by atoms with E-state index in [2.05, 4.69) is 10.1 Å². The molecule has 5 aromatic rings. The highest BCUT2D eigenvalue weighted by atomic mass is 19.4. The molecule has 0 unspecified atom stereocenters. The zero-order valence-corrected chi connectivity index (χ0v) is 21.0. The number of aromatic nitrogens is 3. The van der Waals surface area contributed by atoms with Gasteiger partial charge in [0.15, 0.2) is 5.65 Å². The van der Waals surface area contributed by atoms with Crippen molar-refractivity contribution in [2.24, 2.45) is 0 Å². The molecule has 0 bridgehead atoms. The minimum atomic E-state index is -4.56. The number of benzene rings is 3. The largest absolute Gasteiger partial charge is 0.489 e. The van der Waals surface area contributed by atoms with Crippen LogP contribution in [0.1, 0.15) is 33.5 Å². The third-order valence-corrected chi connectivity index (χ3v) is 6.66. The first-order valence-corrected chi connectivity index (χ1v) is 11.9. The van der Waals surface area contributed by atoms with Gasteiger partial charge < -0.3 is 4.74 Å². The second-order valence-electron chi connectivity index (χ2n) is 9.26. The summed E-state index contributed by atoms with van der Waals surface area (Å²) in [6, 6.07) is 21.7. The Morgan fingerprint density at radius 3 is 2.22 bits per heavy atom. The fourth-order valence-electron chi connectivity index (χ4n) is 4.35. The van der Waals surface area contributed by atoms with Crippen LogP contribution in [0.4, 0.5) is 13.2 Å². The number of hydrogen-bond acceptors (Lipinski definition) is 3. The Bertz CT molecular complexity index is 1600. The molecule has 0 saturated heterocycles. The van der Waals surface area contributed by atoms with Gasteiger partial charge in [-0.2, -0.15) is 18.3 Å². The molecule has 0 fully saturated rings. The molecule has 0 aliphatic rings. The first-order valence-electron chi connectivity index (χ1n) is 11.9. The Balaban J connectivity index is 1.56. The molecule has 4 nitrogen and oxygen atoms in total. The molecule has 0 radical (unpaired) electrons. The molecule has 3 aromatic carbocycles. The fraction of sp³-hybridized carbons (Fsp3) is 0.200. The summed E-state index contributed by atoms with van der Waals surface area (Å²) in [7, 11) is 0. The van der Waals surface area contributed by atoms with Gasteiger partial charge in [0, 0.05) is 5.56 Å². The molecule has 0 aliphatic carbocycles. The Kier molecular flexibility index (Phi) is 6.23. The van der Waals surface area contributed by atoms with Gasteiger partial charge in [0.2, 0.25) is 0 Å². The number of fused-ring (bicyclic) bond motifs is 1. The maximum Gasteiger partial charge on any atom is 0.417 e. The molecule has 5 rings (SSSR count). The van der Waals surface area contributed by atoms with E-state index in [1.807, 2.05) is 63.2 Å². The van der Waals surface area contributed by atoms with E-state index < -0.39 is 11.7 Å². The van der Waals surface area contributed by atoms with Crippen molar-refractivity contribution >= 4 is 11.0 Å². The van der Waals surface area contributed by atoms with E-state index in [0.717, 1.165) is 28.3 Å². The number of halogens is 3. The molecule has 0 atom stereocenters. The van der Waals surface area contributed by atoms with Crippen molar-refractivity contribution in [1.82, 2.24) is 14.8 Å². The molecular weight excluding hydrogens is 475 g/mol. The number of pyridine rings is 1. The van der Waals surface area contributed by atoms with Crippen LogP contribution in [0.2, 0.25) is 0 Å². The summed E-state index contributed by atoms with van der Waals surface area (Å²) in [6.07, 6.45) is -4.56. The van der Waals surface area contributed by atoms with Gasteiger partial charge in [0.1, 0.15) is 12.4 Å². The number of ether oxygens (including phenoxy) is 1. The van der Waals surface area contributed by atoms with Gasteiger partial charge in [-0.25, -0.2) is 9.67 Å². The Hall–Kier alpha value is -4.13. The van der Waals surface area contributed by atoms with E-state index in [9.17, 15) is 13.2 Å². The van der Waals surface area contributed by atoms with Crippen molar-refractivity contribution in [2.45, 2.75) is 40.5 Å². The first kappa shape index (κ1) is 24.6. The summed E-state index contributed by atoms with van der Waals surface area (Å²) in [5.74, 6) is 0.625. The second-order valence-corrected chi connectivity index (χ2v) is 9.26. The molecule has 188 valence electrons.